The Hall–Kier alpha value is -3.34. The van der Waals surface area contributed by atoms with Gasteiger partial charge in [0.05, 0.1) is 23.4 Å². The second kappa shape index (κ2) is 11.4. The maximum Gasteiger partial charge on any atom is 0.255 e. The van der Waals surface area contributed by atoms with Crippen LogP contribution >= 0.6 is 11.8 Å². The molecule has 0 bridgehead atoms. The number of carbonyl (C=O) groups excluding carboxylic acids is 2. The number of benzene rings is 3. The molecule has 1 heterocycles. The van der Waals surface area contributed by atoms with Crippen LogP contribution in [0.4, 0.5) is 5.69 Å². The fraction of sp³-hybridized carbons (Fsp3) is 0.259. The van der Waals surface area contributed by atoms with Gasteiger partial charge in [-0.05, 0) is 55.3 Å². The monoisotopic (exact) mass is 539 g/mol. The number of rotatable bonds is 9. The van der Waals surface area contributed by atoms with Crippen LogP contribution in [0.2, 0.25) is 0 Å². The van der Waals surface area contributed by atoms with Crippen LogP contribution in [0.5, 0.6) is 5.75 Å². The van der Waals surface area contributed by atoms with E-state index in [-0.39, 0.29) is 27.9 Å². The highest BCUT2D eigenvalue weighted by molar-refractivity contribution is 8.00. The third-order valence-electron chi connectivity index (χ3n) is 5.74. The second-order valence-corrected chi connectivity index (χ2v) is 11.7. The van der Waals surface area contributed by atoms with E-state index in [4.69, 9.17) is 4.74 Å². The van der Waals surface area contributed by atoms with Gasteiger partial charge in [0.2, 0.25) is 15.9 Å². The SMILES string of the molecule is COc1ccc(S(=O)(=O)NC(C)C)cc1NC(=O)c1ccc([C@@H]2SCC(=O)N2Cc2ccccc2)cc1. The Bertz CT molecular complexity index is 1380. The van der Waals surface area contributed by atoms with E-state index in [0.29, 0.717) is 23.6 Å². The molecule has 3 aromatic rings. The molecule has 37 heavy (non-hydrogen) atoms. The number of amides is 2. The smallest absolute Gasteiger partial charge is 0.255 e. The molecule has 1 fully saturated rings. The van der Waals surface area contributed by atoms with Gasteiger partial charge in [0.25, 0.3) is 5.91 Å². The van der Waals surface area contributed by atoms with E-state index in [1.54, 1.807) is 37.7 Å². The van der Waals surface area contributed by atoms with E-state index in [9.17, 15) is 18.0 Å². The van der Waals surface area contributed by atoms with Gasteiger partial charge in [0.15, 0.2) is 0 Å². The molecule has 10 heteroatoms. The molecule has 0 aliphatic carbocycles. The van der Waals surface area contributed by atoms with E-state index in [1.807, 2.05) is 47.4 Å². The summed E-state index contributed by atoms with van der Waals surface area (Å²) < 4.78 is 33.0. The van der Waals surface area contributed by atoms with Gasteiger partial charge in [-0.25, -0.2) is 13.1 Å². The Labute approximate surface area is 221 Å². The Morgan fingerprint density at radius 3 is 2.43 bits per heavy atom. The van der Waals surface area contributed by atoms with Crippen molar-refractivity contribution < 1.29 is 22.7 Å². The second-order valence-electron chi connectivity index (χ2n) is 8.88. The molecule has 1 saturated heterocycles. The van der Waals surface area contributed by atoms with Crippen LogP contribution in [0.1, 0.15) is 40.7 Å². The summed E-state index contributed by atoms with van der Waals surface area (Å²) in [7, 11) is -2.30. The number of methoxy groups -OCH3 is 1. The van der Waals surface area contributed by atoms with Gasteiger partial charge in [-0.2, -0.15) is 0 Å². The predicted octanol–water partition coefficient (Wildman–Crippen LogP) is 4.41. The molecule has 0 saturated carbocycles. The van der Waals surface area contributed by atoms with E-state index >= 15 is 0 Å². The van der Waals surface area contributed by atoms with Crippen molar-refractivity contribution in [1.29, 1.82) is 0 Å². The van der Waals surface area contributed by atoms with Gasteiger partial charge < -0.3 is 15.0 Å². The van der Waals surface area contributed by atoms with Gasteiger partial charge in [-0.15, -0.1) is 11.8 Å². The number of carbonyl (C=O) groups is 2. The molecule has 2 amide bonds. The molecule has 1 aliphatic rings. The number of nitrogens with zero attached hydrogens (tertiary/aromatic N) is 1. The molecule has 1 aliphatic heterocycles. The zero-order valence-corrected chi connectivity index (χ0v) is 22.4. The summed E-state index contributed by atoms with van der Waals surface area (Å²) >= 11 is 1.56. The first kappa shape index (κ1) is 26.7. The molecular formula is C27H29N3O5S2. The number of anilines is 1. The first-order valence-electron chi connectivity index (χ1n) is 11.7. The van der Waals surface area contributed by atoms with Crippen molar-refractivity contribution in [1.82, 2.24) is 9.62 Å². The molecular weight excluding hydrogens is 510 g/mol. The van der Waals surface area contributed by atoms with Crippen LogP contribution in [-0.2, 0) is 21.4 Å². The molecule has 8 nitrogen and oxygen atoms in total. The molecule has 194 valence electrons. The highest BCUT2D eigenvalue weighted by atomic mass is 32.2. The third kappa shape index (κ3) is 6.33. The van der Waals surface area contributed by atoms with Crippen LogP contribution in [0.3, 0.4) is 0 Å². The Morgan fingerprint density at radius 2 is 1.78 bits per heavy atom. The molecule has 3 aromatic carbocycles. The van der Waals surface area contributed by atoms with Crippen molar-refractivity contribution in [3.8, 4) is 5.75 Å². The van der Waals surface area contributed by atoms with Crippen LogP contribution < -0.4 is 14.8 Å². The van der Waals surface area contributed by atoms with Gasteiger partial charge in [-0.1, -0.05) is 42.5 Å². The van der Waals surface area contributed by atoms with Crippen LogP contribution in [0.25, 0.3) is 0 Å². The van der Waals surface area contributed by atoms with Crippen molar-refractivity contribution in [3.05, 3.63) is 89.5 Å². The normalized spacial score (nSPS) is 15.7. The van der Waals surface area contributed by atoms with E-state index in [0.717, 1.165) is 11.1 Å². The summed E-state index contributed by atoms with van der Waals surface area (Å²) in [5, 5.41) is 2.62. The summed E-state index contributed by atoms with van der Waals surface area (Å²) in [5.41, 5.74) is 2.62. The van der Waals surface area contributed by atoms with Crippen molar-refractivity contribution in [2.75, 3.05) is 18.2 Å². The topological polar surface area (TPSA) is 105 Å². The fourth-order valence-corrected chi connectivity index (χ4v) is 6.47. The van der Waals surface area contributed by atoms with Gasteiger partial charge in [-0.3, -0.25) is 9.59 Å². The van der Waals surface area contributed by atoms with E-state index in [1.165, 1.54) is 25.3 Å². The number of hydrogen-bond acceptors (Lipinski definition) is 6. The number of nitrogens with one attached hydrogen (secondary N) is 2. The first-order chi connectivity index (χ1) is 17.7. The summed E-state index contributed by atoms with van der Waals surface area (Å²) in [6, 6.07) is 20.9. The average Bonchev–Trinajstić information content (AvgIpc) is 3.23. The lowest BCUT2D eigenvalue weighted by molar-refractivity contribution is -0.128. The molecule has 0 radical (unpaired) electrons. The van der Waals surface area contributed by atoms with E-state index in [2.05, 4.69) is 10.0 Å². The fourth-order valence-electron chi connectivity index (χ4n) is 4.01. The summed E-state index contributed by atoms with van der Waals surface area (Å²) in [4.78, 5) is 27.4. The van der Waals surface area contributed by atoms with Crippen LogP contribution in [0.15, 0.2) is 77.7 Å². The summed E-state index contributed by atoms with van der Waals surface area (Å²) in [6.07, 6.45) is 0. The lowest BCUT2D eigenvalue weighted by Crippen LogP contribution is -2.30. The molecule has 0 spiro atoms. The maximum absolute atomic E-state index is 13.0. The molecule has 2 N–H and O–H groups in total. The standard InChI is InChI=1S/C27H29N3O5S2/c1-18(2)29-37(33,34)22-13-14-24(35-3)23(15-22)28-26(32)20-9-11-21(12-10-20)27-30(25(31)17-36-27)16-19-7-5-4-6-8-19/h4-15,18,27,29H,16-17H2,1-3H3,(H,28,32)/t27-/m0/s1. The molecule has 0 unspecified atom stereocenters. The Balaban J connectivity index is 1.51. The third-order valence-corrected chi connectivity index (χ3v) is 8.65. The van der Waals surface area contributed by atoms with Crippen LogP contribution in [0, 0.1) is 0 Å². The highest BCUT2D eigenvalue weighted by Gasteiger charge is 2.32. The molecule has 0 aromatic heterocycles. The largest absolute Gasteiger partial charge is 0.495 e. The minimum absolute atomic E-state index is 0.0223. The summed E-state index contributed by atoms with van der Waals surface area (Å²) in [6.45, 7) is 3.98. The Morgan fingerprint density at radius 1 is 1.08 bits per heavy atom. The highest BCUT2D eigenvalue weighted by Crippen LogP contribution is 2.39. The lowest BCUT2D eigenvalue weighted by atomic mass is 10.1. The summed E-state index contributed by atoms with van der Waals surface area (Å²) in [5.74, 6) is 0.415. The average molecular weight is 540 g/mol. The van der Waals surface area contributed by atoms with Gasteiger partial charge in [0, 0.05) is 18.2 Å². The zero-order chi connectivity index (χ0) is 26.6. The predicted molar refractivity (Wildman–Crippen MR) is 145 cm³/mol. The lowest BCUT2D eigenvalue weighted by Gasteiger charge is -2.24. The number of ether oxygens (including phenoxy) is 1. The van der Waals surface area contributed by atoms with E-state index < -0.39 is 15.9 Å². The van der Waals surface area contributed by atoms with Gasteiger partial charge in [0.1, 0.15) is 11.1 Å². The van der Waals surface area contributed by atoms with Crippen LogP contribution in [-0.4, -0.2) is 44.0 Å². The van der Waals surface area contributed by atoms with Crippen molar-refractivity contribution in [2.45, 2.75) is 36.7 Å². The number of hydrogen-bond donors (Lipinski definition) is 2. The minimum atomic E-state index is -3.75. The minimum Gasteiger partial charge on any atom is -0.495 e. The Kier molecular flexibility index (Phi) is 8.21. The molecule has 1 atom stereocenters. The van der Waals surface area contributed by atoms with Crippen molar-refractivity contribution in [2.24, 2.45) is 0 Å². The quantitative estimate of drug-likeness (QED) is 0.418. The maximum atomic E-state index is 13.0. The first-order valence-corrected chi connectivity index (χ1v) is 14.3. The van der Waals surface area contributed by atoms with Gasteiger partial charge >= 0.3 is 0 Å². The van der Waals surface area contributed by atoms with Crippen molar-refractivity contribution >= 4 is 39.3 Å². The zero-order valence-electron chi connectivity index (χ0n) is 20.8. The number of thioether (sulfide) groups is 1. The van der Waals surface area contributed by atoms with Crippen molar-refractivity contribution in [3.63, 3.8) is 0 Å². The molecule has 4 rings (SSSR count). The number of sulfonamides is 1.